The maximum absolute atomic E-state index is 12.0. The van der Waals surface area contributed by atoms with Gasteiger partial charge in [-0.25, -0.2) is 0 Å². The smallest absolute Gasteiger partial charge is 0.339 e. The molecule has 0 aromatic heterocycles. The molecule has 0 atom stereocenters. The van der Waals surface area contributed by atoms with Gasteiger partial charge < -0.3 is 4.18 Å². The summed E-state index contributed by atoms with van der Waals surface area (Å²) in [7, 11) is -3.81. The van der Waals surface area contributed by atoms with Gasteiger partial charge in [0.2, 0.25) is 0 Å². The SMILES string of the molecule is CC.Cc1cc(S(=O)(=O)Oc2ccccc2)ccc1Cl. The predicted molar refractivity (Wildman–Crippen MR) is 81.8 cm³/mol. The van der Waals surface area contributed by atoms with Gasteiger partial charge in [0.25, 0.3) is 0 Å². The van der Waals surface area contributed by atoms with Crippen LogP contribution >= 0.6 is 11.6 Å². The predicted octanol–water partition coefficient (Wildman–Crippen LogP) is 4.44. The summed E-state index contributed by atoms with van der Waals surface area (Å²) < 4.78 is 29.0. The number of hydrogen-bond donors (Lipinski definition) is 0. The Kier molecular flexibility index (Phi) is 6.05. The van der Waals surface area contributed by atoms with E-state index in [0.29, 0.717) is 10.6 Å². The van der Waals surface area contributed by atoms with E-state index in [9.17, 15) is 8.42 Å². The van der Waals surface area contributed by atoms with Crippen molar-refractivity contribution in [3.8, 4) is 5.75 Å². The van der Waals surface area contributed by atoms with Gasteiger partial charge in [0.1, 0.15) is 10.6 Å². The molecule has 2 aromatic rings. The molecule has 108 valence electrons. The van der Waals surface area contributed by atoms with Gasteiger partial charge in [-0.3, -0.25) is 0 Å². The van der Waals surface area contributed by atoms with Crippen LogP contribution in [0.2, 0.25) is 5.02 Å². The molecule has 0 aliphatic carbocycles. The molecule has 2 rings (SSSR count). The topological polar surface area (TPSA) is 43.4 Å². The molecule has 0 spiro atoms. The van der Waals surface area contributed by atoms with Gasteiger partial charge in [0, 0.05) is 5.02 Å². The van der Waals surface area contributed by atoms with Gasteiger partial charge in [-0.05, 0) is 42.8 Å². The fourth-order valence-electron chi connectivity index (χ4n) is 1.42. The first-order valence-electron chi connectivity index (χ1n) is 6.25. The molecule has 20 heavy (non-hydrogen) atoms. The highest BCUT2D eigenvalue weighted by Crippen LogP contribution is 2.22. The van der Waals surface area contributed by atoms with Crippen molar-refractivity contribution in [2.45, 2.75) is 25.7 Å². The Hall–Kier alpha value is -1.52. The maximum Gasteiger partial charge on any atom is 0.339 e. The first kappa shape index (κ1) is 16.5. The second kappa shape index (κ2) is 7.31. The lowest BCUT2D eigenvalue weighted by atomic mass is 10.2. The highest BCUT2D eigenvalue weighted by atomic mass is 35.5. The average Bonchev–Trinajstić information content (AvgIpc) is 2.44. The van der Waals surface area contributed by atoms with Crippen LogP contribution < -0.4 is 4.18 Å². The number of halogens is 1. The third-order valence-electron chi connectivity index (χ3n) is 2.37. The lowest BCUT2D eigenvalue weighted by Gasteiger charge is -2.07. The molecule has 0 heterocycles. The van der Waals surface area contributed by atoms with E-state index in [4.69, 9.17) is 15.8 Å². The van der Waals surface area contributed by atoms with Crippen LogP contribution in [0.15, 0.2) is 53.4 Å². The van der Waals surface area contributed by atoms with Crippen molar-refractivity contribution in [2.24, 2.45) is 0 Å². The van der Waals surface area contributed by atoms with E-state index in [1.165, 1.54) is 18.2 Å². The molecule has 2 aromatic carbocycles. The van der Waals surface area contributed by atoms with Crippen LogP contribution in [0.3, 0.4) is 0 Å². The molecule has 5 heteroatoms. The Morgan fingerprint density at radius 1 is 1.00 bits per heavy atom. The van der Waals surface area contributed by atoms with Crippen LogP contribution in [0, 0.1) is 6.92 Å². The summed E-state index contributed by atoms with van der Waals surface area (Å²) in [6, 6.07) is 12.8. The average molecular weight is 313 g/mol. The standard InChI is InChI=1S/C13H11ClO3S.C2H6/c1-10-9-12(7-8-13(10)14)18(15,16)17-11-5-3-2-4-6-11;1-2/h2-9H,1H3;1-2H3. The quantitative estimate of drug-likeness (QED) is 0.787. The molecule has 0 aliphatic rings. The van der Waals surface area contributed by atoms with E-state index in [1.807, 2.05) is 13.8 Å². The monoisotopic (exact) mass is 312 g/mol. The zero-order valence-electron chi connectivity index (χ0n) is 11.6. The van der Waals surface area contributed by atoms with Crippen molar-refractivity contribution in [2.75, 3.05) is 0 Å². The van der Waals surface area contributed by atoms with Gasteiger partial charge in [0.15, 0.2) is 0 Å². The van der Waals surface area contributed by atoms with Gasteiger partial charge in [-0.2, -0.15) is 8.42 Å². The fourth-order valence-corrected chi connectivity index (χ4v) is 2.56. The number of para-hydroxylation sites is 1. The second-order valence-electron chi connectivity index (χ2n) is 3.76. The number of hydrogen-bond acceptors (Lipinski definition) is 3. The first-order chi connectivity index (χ1) is 9.49. The molecule has 0 aliphatic heterocycles. The highest BCUT2D eigenvalue weighted by Gasteiger charge is 2.17. The first-order valence-corrected chi connectivity index (χ1v) is 8.03. The van der Waals surface area contributed by atoms with Crippen LogP contribution in [0.5, 0.6) is 5.75 Å². The van der Waals surface area contributed by atoms with Crippen molar-refractivity contribution in [1.29, 1.82) is 0 Å². The molecule has 0 bridgehead atoms. The Labute approximate surface area is 125 Å². The molecular weight excluding hydrogens is 296 g/mol. The van der Waals surface area contributed by atoms with Crippen LogP contribution in [0.1, 0.15) is 19.4 Å². The summed E-state index contributed by atoms with van der Waals surface area (Å²) in [6.07, 6.45) is 0. The van der Waals surface area contributed by atoms with Crippen LogP contribution in [0.25, 0.3) is 0 Å². The van der Waals surface area contributed by atoms with Crippen LogP contribution in [0.4, 0.5) is 0 Å². The van der Waals surface area contributed by atoms with Gasteiger partial charge in [-0.15, -0.1) is 0 Å². The van der Waals surface area contributed by atoms with E-state index in [2.05, 4.69) is 0 Å². The van der Waals surface area contributed by atoms with Gasteiger partial charge in [-0.1, -0.05) is 43.6 Å². The minimum atomic E-state index is -3.81. The van der Waals surface area contributed by atoms with Crippen molar-refractivity contribution in [3.63, 3.8) is 0 Å². The maximum atomic E-state index is 12.0. The summed E-state index contributed by atoms with van der Waals surface area (Å²) >= 11 is 5.86. The molecule has 0 radical (unpaired) electrons. The molecular formula is C15H17ClO3S. The van der Waals surface area contributed by atoms with E-state index < -0.39 is 10.1 Å². The molecule has 0 fully saturated rings. The second-order valence-corrected chi connectivity index (χ2v) is 5.72. The van der Waals surface area contributed by atoms with E-state index in [-0.39, 0.29) is 10.6 Å². The van der Waals surface area contributed by atoms with Gasteiger partial charge in [0.05, 0.1) is 0 Å². The molecule has 0 N–H and O–H groups in total. The minimum Gasteiger partial charge on any atom is -0.379 e. The zero-order valence-corrected chi connectivity index (χ0v) is 13.2. The summed E-state index contributed by atoms with van der Waals surface area (Å²) in [5, 5.41) is 0.522. The van der Waals surface area contributed by atoms with Crippen molar-refractivity contribution >= 4 is 21.7 Å². The summed E-state index contributed by atoms with van der Waals surface area (Å²) in [4.78, 5) is 0.0910. The number of aryl methyl sites for hydroxylation is 1. The van der Waals surface area contributed by atoms with Gasteiger partial charge >= 0.3 is 10.1 Å². The van der Waals surface area contributed by atoms with Crippen molar-refractivity contribution < 1.29 is 12.6 Å². The third-order valence-corrected chi connectivity index (χ3v) is 4.03. The van der Waals surface area contributed by atoms with Crippen LogP contribution in [-0.4, -0.2) is 8.42 Å². The summed E-state index contributed by atoms with van der Waals surface area (Å²) in [5.41, 5.74) is 0.689. The Morgan fingerprint density at radius 2 is 1.60 bits per heavy atom. The molecule has 3 nitrogen and oxygen atoms in total. The molecule has 0 unspecified atom stereocenters. The minimum absolute atomic E-state index is 0.0910. The lowest BCUT2D eigenvalue weighted by Crippen LogP contribution is -2.09. The molecule has 0 saturated carbocycles. The number of rotatable bonds is 3. The zero-order chi connectivity index (χ0) is 15.2. The van der Waals surface area contributed by atoms with Crippen LogP contribution in [-0.2, 0) is 10.1 Å². The Balaban J connectivity index is 0.000000956. The Morgan fingerprint density at radius 3 is 2.15 bits per heavy atom. The third kappa shape index (κ3) is 4.25. The molecule has 0 amide bonds. The highest BCUT2D eigenvalue weighted by molar-refractivity contribution is 7.87. The summed E-state index contributed by atoms with van der Waals surface area (Å²) in [6.45, 7) is 5.74. The van der Waals surface area contributed by atoms with E-state index in [0.717, 1.165) is 0 Å². The number of benzene rings is 2. The fraction of sp³-hybridized carbons (Fsp3) is 0.200. The van der Waals surface area contributed by atoms with E-state index in [1.54, 1.807) is 37.3 Å². The summed E-state index contributed by atoms with van der Waals surface area (Å²) in [5.74, 6) is 0.283. The Bertz CT molecular complexity index is 652. The van der Waals surface area contributed by atoms with E-state index >= 15 is 0 Å². The lowest BCUT2D eigenvalue weighted by molar-refractivity contribution is 0.486. The molecule has 0 saturated heterocycles. The van der Waals surface area contributed by atoms with Crippen molar-refractivity contribution in [1.82, 2.24) is 0 Å². The normalized spacial score (nSPS) is 10.4. The largest absolute Gasteiger partial charge is 0.379 e. The van der Waals surface area contributed by atoms with Crippen molar-refractivity contribution in [3.05, 3.63) is 59.1 Å².